The molecule has 3 aromatic rings. The third-order valence-corrected chi connectivity index (χ3v) is 5.60. The van der Waals surface area contributed by atoms with Gasteiger partial charge in [0.05, 0.1) is 25.0 Å². The molecule has 0 aliphatic carbocycles. The highest BCUT2D eigenvalue weighted by Crippen LogP contribution is 2.47. The van der Waals surface area contributed by atoms with Crippen LogP contribution in [0.4, 0.5) is 4.79 Å². The van der Waals surface area contributed by atoms with Crippen molar-refractivity contribution >= 4 is 17.1 Å². The van der Waals surface area contributed by atoms with Gasteiger partial charge in [-0.15, -0.1) is 0 Å². The Labute approximate surface area is 168 Å². The lowest BCUT2D eigenvalue weighted by atomic mass is 9.90. The second-order valence-electron chi connectivity index (χ2n) is 8.94. The van der Waals surface area contributed by atoms with Crippen LogP contribution in [0.1, 0.15) is 38.3 Å². The van der Waals surface area contributed by atoms with Gasteiger partial charge in [-0.05, 0) is 26.8 Å². The summed E-state index contributed by atoms with van der Waals surface area (Å²) in [6.45, 7) is 7.25. The number of amides is 1. The predicted molar refractivity (Wildman–Crippen MR) is 107 cm³/mol. The minimum atomic E-state index is -0.516. The van der Waals surface area contributed by atoms with Crippen molar-refractivity contribution in [1.82, 2.24) is 24.6 Å². The zero-order valence-corrected chi connectivity index (χ0v) is 17.2. The topological polar surface area (TPSA) is 85.3 Å². The van der Waals surface area contributed by atoms with E-state index < -0.39 is 11.2 Å². The van der Waals surface area contributed by atoms with E-state index >= 15 is 0 Å². The smallest absolute Gasteiger partial charge is 0.410 e. The summed E-state index contributed by atoms with van der Waals surface area (Å²) in [4.78, 5) is 22.3. The molecule has 2 aliphatic rings. The Bertz CT molecular complexity index is 1110. The van der Waals surface area contributed by atoms with Crippen LogP contribution in [-0.2, 0) is 28.7 Å². The SMILES string of the molecule is Cn1cc(-c2cc3c4c(cnc3[nH]2)COC42CCN(C(=O)OC(C)(C)C)C2)cn1. The molecule has 5 heterocycles. The van der Waals surface area contributed by atoms with E-state index in [0.717, 1.165) is 39.8 Å². The number of hydrogen-bond acceptors (Lipinski definition) is 5. The minimum Gasteiger partial charge on any atom is -0.444 e. The van der Waals surface area contributed by atoms with Crippen LogP contribution in [0, 0.1) is 0 Å². The summed E-state index contributed by atoms with van der Waals surface area (Å²) in [6, 6.07) is 2.12. The van der Waals surface area contributed by atoms with E-state index in [4.69, 9.17) is 9.47 Å². The Balaban J connectivity index is 1.52. The molecule has 1 spiro atoms. The minimum absolute atomic E-state index is 0.290. The highest BCUT2D eigenvalue weighted by Gasteiger charge is 2.49. The molecule has 1 unspecified atom stereocenters. The summed E-state index contributed by atoms with van der Waals surface area (Å²) in [5, 5.41) is 5.30. The van der Waals surface area contributed by atoms with Crippen molar-refractivity contribution in [2.75, 3.05) is 13.1 Å². The third kappa shape index (κ3) is 2.98. The maximum absolute atomic E-state index is 12.6. The summed E-state index contributed by atoms with van der Waals surface area (Å²) in [7, 11) is 1.90. The van der Waals surface area contributed by atoms with Gasteiger partial charge in [0, 0.05) is 54.5 Å². The molecule has 5 rings (SSSR count). The first-order chi connectivity index (χ1) is 13.7. The summed E-state index contributed by atoms with van der Waals surface area (Å²) < 4.78 is 13.6. The molecule has 1 N–H and O–H groups in total. The number of aryl methyl sites for hydroxylation is 1. The van der Waals surface area contributed by atoms with Gasteiger partial charge in [0.15, 0.2) is 0 Å². The summed E-state index contributed by atoms with van der Waals surface area (Å²) in [6.07, 6.45) is 6.13. The average molecular weight is 395 g/mol. The van der Waals surface area contributed by atoms with Crippen molar-refractivity contribution in [2.45, 2.75) is 45.0 Å². The van der Waals surface area contributed by atoms with Crippen LogP contribution in [0.3, 0.4) is 0 Å². The second kappa shape index (κ2) is 6.06. The number of rotatable bonds is 1. The summed E-state index contributed by atoms with van der Waals surface area (Å²) in [5.74, 6) is 0. The number of H-pyrrole nitrogens is 1. The summed E-state index contributed by atoms with van der Waals surface area (Å²) >= 11 is 0. The van der Waals surface area contributed by atoms with Crippen molar-refractivity contribution in [2.24, 2.45) is 7.05 Å². The molecule has 1 atom stereocenters. The fourth-order valence-electron chi connectivity index (χ4n) is 4.35. The Hall–Kier alpha value is -2.87. The molecule has 1 amide bonds. The number of likely N-dealkylation sites (tertiary alicyclic amines) is 1. The maximum atomic E-state index is 12.6. The quantitative estimate of drug-likeness (QED) is 0.683. The predicted octanol–water partition coefficient (Wildman–Crippen LogP) is 3.33. The van der Waals surface area contributed by atoms with E-state index in [1.165, 1.54) is 0 Å². The zero-order valence-electron chi connectivity index (χ0n) is 17.2. The molecule has 0 radical (unpaired) electrons. The number of nitrogens with zero attached hydrogens (tertiary/aromatic N) is 4. The van der Waals surface area contributed by atoms with Gasteiger partial charge < -0.3 is 19.4 Å². The molecular weight excluding hydrogens is 370 g/mol. The third-order valence-electron chi connectivity index (χ3n) is 5.60. The Kier molecular flexibility index (Phi) is 3.80. The maximum Gasteiger partial charge on any atom is 0.410 e. The van der Waals surface area contributed by atoms with Crippen LogP contribution in [-0.4, -0.2) is 49.4 Å². The molecule has 0 bridgehead atoms. The molecule has 8 nitrogen and oxygen atoms in total. The summed E-state index contributed by atoms with van der Waals surface area (Å²) in [5.41, 5.74) is 4.00. The molecule has 29 heavy (non-hydrogen) atoms. The van der Waals surface area contributed by atoms with Gasteiger partial charge in [0.2, 0.25) is 0 Å². The number of hydrogen-bond donors (Lipinski definition) is 1. The number of carbonyl (C=O) groups excluding carboxylic acids is 1. The molecule has 1 saturated heterocycles. The van der Waals surface area contributed by atoms with Crippen LogP contribution < -0.4 is 0 Å². The van der Waals surface area contributed by atoms with Crippen LogP contribution in [0.15, 0.2) is 24.7 Å². The van der Waals surface area contributed by atoms with Crippen LogP contribution >= 0.6 is 0 Å². The first kappa shape index (κ1) is 18.2. The van der Waals surface area contributed by atoms with Crippen molar-refractivity contribution in [3.05, 3.63) is 35.8 Å². The number of ether oxygens (including phenoxy) is 2. The number of aromatic nitrogens is 4. The first-order valence-electron chi connectivity index (χ1n) is 9.86. The second-order valence-corrected chi connectivity index (χ2v) is 8.94. The molecule has 152 valence electrons. The molecule has 0 aromatic carbocycles. The molecular formula is C21H25N5O3. The number of nitrogens with one attached hydrogen (secondary N) is 1. The lowest BCUT2D eigenvalue weighted by Crippen LogP contribution is -2.38. The molecule has 1 fully saturated rings. The number of aromatic amines is 1. The fraction of sp³-hybridized carbons (Fsp3) is 0.476. The Morgan fingerprint density at radius 1 is 1.34 bits per heavy atom. The lowest BCUT2D eigenvalue weighted by Gasteiger charge is -2.27. The van der Waals surface area contributed by atoms with Gasteiger partial charge in [-0.1, -0.05) is 0 Å². The van der Waals surface area contributed by atoms with Crippen LogP contribution in [0.25, 0.3) is 22.3 Å². The van der Waals surface area contributed by atoms with Gasteiger partial charge in [-0.2, -0.15) is 5.10 Å². The van der Waals surface area contributed by atoms with Crippen LogP contribution in [0.5, 0.6) is 0 Å². The van der Waals surface area contributed by atoms with Crippen molar-refractivity contribution in [1.29, 1.82) is 0 Å². The highest BCUT2D eigenvalue weighted by atomic mass is 16.6. The average Bonchev–Trinajstić information content (AvgIpc) is 3.40. The zero-order chi connectivity index (χ0) is 20.4. The number of carbonyl (C=O) groups is 1. The van der Waals surface area contributed by atoms with E-state index in [1.807, 2.05) is 46.4 Å². The van der Waals surface area contributed by atoms with Crippen molar-refractivity contribution < 1.29 is 14.3 Å². The van der Waals surface area contributed by atoms with Crippen LogP contribution in [0.2, 0.25) is 0 Å². The van der Waals surface area contributed by atoms with Gasteiger partial charge >= 0.3 is 6.09 Å². The van der Waals surface area contributed by atoms with E-state index in [-0.39, 0.29) is 6.09 Å². The molecule has 8 heteroatoms. The normalized spacial score (nSPS) is 21.3. The Morgan fingerprint density at radius 3 is 2.90 bits per heavy atom. The number of pyridine rings is 1. The van der Waals surface area contributed by atoms with Gasteiger partial charge in [0.25, 0.3) is 0 Å². The van der Waals surface area contributed by atoms with Crippen molar-refractivity contribution in [3.8, 4) is 11.3 Å². The van der Waals surface area contributed by atoms with E-state index in [2.05, 4.69) is 21.1 Å². The molecule has 2 aliphatic heterocycles. The Morgan fingerprint density at radius 2 is 2.17 bits per heavy atom. The molecule has 3 aromatic heterocycles. The van der Waals surface area contributed by atoms with Gasteiger partial charge in [-0.25, -0.2) is 9.78 Å². The largest absolute Gasteiger partial charge is 0.444 e. The lowest BCUT2D eigenvalue weighted by molar-refractivity contribution is -0.0320. The molecule has 0 saturated carbocycles. The van der Waals surface area contributed by atoms with Crippen molar-refractivity contribution in [3.63, 3.8) is 0 Å². The van der Waals surface area contributed by atoms with E-state index in [0.29, 0.717) is 19.7 Å². The van der Waals surface area contributed by atoms with Gasteiger partial charge in [-0.3, -0.25) is 4.68 Å². The fourth-order valence-corrected chi connectivity index (χ4v) is 4.35. The first-order valence-corrected chi connectivity index (χ1v) is 9.86. The highest BCUT2D eigenvalue weighted by molar-refractivity contribution is 5.88. The number of fused-ring (bicyclic) bond motifs is 4. The van der Waals surface area contributed by atoms with E-state index in [1.54, 1.807) is 9.58 Å². The monoisotopic (exact) mass is 395 g/mol. The standard InChI is InChI=1S/C21H25N5O3/c1-20(2,3)29-19(27)26-6-5-21(12-26)17-14(11-28-21)8-22-18-15(17)7-16(24-18)13-9-23-25(4)10-13/h7-10H,5-6,11-12H2,1-4H3,(H,22,24). The van der Waals surface area contributed by atoms with Gasteiger partial charge in [0.1, 0.15) is 16.8 Å². The van der Waals surface area contributed by atoms with E-state index in [9.17, 15) is 4.79 Å².